The van der Waals surface area contributed by atoms with E-state index in [1.54, 1.807) is 6.33 Å². The molecule has 3 nitrogen and oxygen atoms in total. The quantitative estimate of drug-likeness (QED) is 0.559. The molecule has 2 heterocycles. The van der Waals surface area contributed by atoms with Crippen molar-refractivity contribution in [1.29, 1.82) is 0 Å². The lowest BCUT2D eigenvalue weighted by atomic mass is 10.1. The Balaban J connectivity index is 2.50. The number of hydrogen-bond donors (Lipinski definition) is 0. The van der Waals surface area contributed by atoms with E-state index in [0.29, 0.717) is 5.69 Å². The van der Waals surface area contributed by atoms with Crippen LogP contribution < -0.4 is 0 Å². The van der Waals surface area contributed by atoms with E-state index >= 15 is 0 Å². The maximum Gasteiger partial charge on any atom is 0.170 e. The number of imidazole rings is 1. The molecule has 1 aromatic carbocycles. The molecule has 0 aliphatic rings. The van der Waals surface area contributed by atoms with Crippen LogP contribution in [-0.4, -0.2) is 15.7 Å². The van der Waals surface area contributed by atoms with Crippen LogP contribution >= 0.6 is 0 Å². The topological polar surface area (TPSA) is 34.4 Å². The smallest absolute Gasteiger partial charge is 0.170 e. The summed E-state index contributed by atoms with van der Waals surface area (Å²) in [5, 5.41) is 2.26. The summed E-state index contributed by atoms with van der Waals surface area (Å²) >= 11 is 0. The summed E-state index contributed by atoms with van der Waals surface area (Å²) in [6, 6.07) is 10.0. The van der Waals surface area contributed by atoms with Crippen molar-refractivity contribution < 1.29 is 4.79 Å². The van der Waals surface area contributed by atoms with Crippen LogP contribution in [0.15, 0.2) is 42.9 Å². The lowest BCUT2D eigenvalue weighted by Gasteiger charge is -1.99. The highest BCUT2D eigenvalue weighted by Crippen LogP contribution is 2.17. The Morgan fingerprint density at radius 2 is 2.00 bits per heavy atom. The molecule has 0 unspecified atom stereocenters. The molecule has 0 fully saturated rings. The Morgan fingerprint density at radius 1 is 1.20 bits per heavy atom. The highest BCUT2D eigenvalue weighted by Gasteiger charge is 2.03. The molecule has 72 valence electrons. The summed E-state index contributed by atoms with van der Waals surface area (Å²) in [5.41, 5.74) is 1.34. The lowest BCUT2D eigenvalue weighted by Crippen LogP contribution is -1.85. The normalized spacial score (nSPS) is 10.9. The summed E-state index contributed by atoms with van der Waals surface area (Å²) in [4.78, 5) is 14.8. The van der Waals surface area contributed by atoms with Crippen LogP contribution in [0.1, 0.15) is 10.5 Å². The van der Waals surface area contributed by atoms with Gasteiger partial charge in [-0.15, -0.1) is 0 Å². The largest absolute Gasteiger partial charge is 0.305 e. The number of carbonyl (C=O) groups is 1. The Hall–Kier alpha value is -2.16. The molecule has 0 radical (unpaired) electrons. The third kappa shape index (κ3) is 1.13. The number of pyridine rings is 1. The second-order valence-electron chi connectivity index (χ2n) is 3.44. The van der Waals surface area contributed by atoms with Gasteiger partial charge in [0.1, 0.15) is 12.0 Å². The van der Waals surface area contributed by atoms with Crippen LogP contribution in [0.4, 0.5) is 0 Å². The van der Waals surface area contributed by atoms with Crippen LogP contribution in [-0.2, 0) is 0 Å². The summed E-state index contributed by atoms with van der Waals surface area (Å²) in [6.07, 6.45) is 4.42. The van der Waals surface area contributed by atoms with E-state index in [1.807, 2.05) is 40.9 Å². The molecule has 0 saturated carbocycles. The van der Waals surface area contributed by atoms with Crippen LogP contribution in [0, 0.1) is 0 Å². The molecule has 15 heavy (non-hydrogen) atoms. The van der Waals surface area contributed by atoms with Gasteiger partial charge >= 0.3 is 0 Å². The van der Waals surface area contributed by atoms with Crippen LogP contribution in [0.25, 0.3) is 16.3 Å². The molecular weight excluding hydrogens is 188 g/mol. The van der Waals surface area contributed by atoms with Crippen LogP contribution in [0.2, 0.25) is 0 Å². The number of aldehydes is 1. The minimum Gasteiger partial charge on any atom is -0.305 e. The minimum atomic E-state index is 0.487. The molecular formula is C12H8N2O. The maximum atomic E-state index is 10.7. The standard InChI is InChI=1S/C12H8N2O/c15-7-11-12-5-9-3-1-2-4-10(9)6-14(12)8-13-11/h1-8H. The van der Waals surface area contributed by atoms with E-state index in [-0.39, 0.29) is 0 Å². The van der Waals surface area contributed by atoms with Crippen molar-refractivity contribution in [2.45, 2.75) is 0 Å². The van der Waals surface area contributed by atoms with Gasteiger partial charge in [0.2, 0.25) is 0 Å². The molecule has 0 aliphatic carbocycles. The van der Waals surface area contributed by atoms with Crippen molar-refractivity contribution in [3.8, 4) is 0 Å². The van der Waals surface area contributed by atoms with Gasteiger partial charge in [-0.2, -0.15) is 0 Å². The maximum absolute atomic E-state index is 10.7. The first-order chi connectivity index (χ1) is 7.38. The molecule has 3 rings (SSSR count). The predicted octanol–water partition coefficient (Wildman–Crippen LogP) is 2.30. The Labute approximate surface area is 86.0 Å². The van der Waals surface area contributed by atoms with Crippen molar-refractivity contribution >= 4 is 22.6 Å². The number of hydrogen-bond acceptors (Lipinski definition) is 2. The van der Waals surface area contributed by atoms with E-state index in [9.17, 15) is 4.79 Å². The zero-order valence-electron chi connectivity index (χ0n) is 7.92. The van der Waals surface area contributed by atoms with Gasteiger partial charge in [-0.05, 0) is 16.8 Å². The minimum absolute atomic E-state index is 0.487. The number of nitrogens with zero attached hydrogens (tertiary/aromatic N) is 2. The third-order valence-electron chi connectivity index (χ3n) is 2.54. The fourth-order valence-corrected chi connectivity index (χ4v) is 1.78. The van der Waals surface area contributed by atoms with Gasteiger partial charge in [0.05, 0.1) is 5.52 Å². The fraction of sp³-hybridized carbons (Fsp3) is 0. The number of fused-ring (bicyclic) bond motifs is 2. The molecule has 3 aromatic rings. The van der Waals surface area contributed by atoms with E-state index < -0.39 is 0 Å². The zero-order valence-corrected chi connectivity index (χ0v) is 7.92. The summed E-state index contributed by atoms with van der Waals surface area (Å²) in [6.45, 7) is 0. The van der Waals surface area contributed by atoms with E-state index in [4.69, 9.17) is 0 Å². The highest BCUT2D eigenvalue weighted by molar-refractivity contribution is 5.91. The van der Waals surface area contributed by atoms with Crippen molar-refractivity contribution in [3.63, 3.8) is 0 Å². The van der Waals surface area contributed by atoms with E-state index in [2.05, 4.69) is 4.98 Å². The first-order valence-electron chi connectivity index (χ1n) is 4.69. The van der Waals surface area contributed by atoms with Gasteiger partial charge in [0.25, 0.3) is 0 Å². The average molecular weight is 196 g/mol. The Morgan fingerprint density at radius 3 is 2.80 bits per heavy atom. The summed E-state index contributed by atoms with van der Waals surface area (Å²) < 4.78 is 1.87. The van der Waals surface area contributed by atoms with Crippen molar-refractivity contribution in [2.75, 3.05) is 0 Å². The van der Waals surface area contributed by atoms with Gasteiger partial charge in [-0.3, -0.25) is 4.79 Å². The molecule has 0 saturated heterocycles. The fourth-order valence-electron chi connectivity index (χ4n) is 1.78. The van der Waals surface area contributed by atoms with E-state index in [1.165, 1.54) is 0 Å². The molecule has 0 atom stereocenters. The number of aromatic nitrogens is 2. The van der Waals surface area contributed by atoms with Crippen molar-refractivity contribution in [2.24, 2.45) is 0 Å². The SMILES string of the molecule is O=Cc1ncn2cc3ccccc3cc12. The van der Waals surface area contributed by atoms with E-state index in [0.717, 1.165) is 22.6 Å². The van der Waals surface area contributed by atoms with Gasteiger partial charge in [0.15, 0.2) is 6.29 Å². The summed E-state index contributed by atoms with van der Waals surface area (Å²) in [5.74, 6) is 0. The molecule has 0 amide bonds. The molecule has 2 aromatic heterocycles. The molecule has 0 N–H and O–H groups in total. The lowest BCUT2D eigenvalue weighted by molar-refractivity contribution is 0.112. The monoisotopic (exact) mass is 196 g/mol. The first kappa shape index (κ1) is 8.17. The molecule has 0 aliphatic heterocycles. The predicted molar refractivity (Wildman–Crippen MR) is 58.1 cm³/mol. The van der Waals surface area contributed by atoms with Gasteiger partial charge in [-0.25, -0.2) is 4.98 Å². The first-order valence-corrected chi connectivity index (χ1v) is 4.69. The molecule has 3 heteroatoms. The van der Waals surface area contributed by atoms with Crippen molar-refractivity contribution in [1.82, 2.24) is 9.38 Å². The zero-order chi connectivity index (χ0) is 10.3. The van der Waals surface area contributed by atoms with Crippen molar-refractivity contribution in [3.05, 3.63) is 48.5 Å². The third-order valence-corrected chi connectivity index (χ3v) is 2.54. The Kier molecular flexibility index (Phi) is 1.59. The summed E-state index contributed by atoms with van der Waals surface area (Å²) in [7, 11) is 0. The van der Waals surface area contributed by atoms with Gasteiger partial charge in [-0.1, -0.05) is 24.3 Å². The highest BCUT2D eigenvalue weighted by atomic mass is 16.1. The second-order valence-corrected chi connectivity index (χ2v) is 3.44. The number of rotatable bonds is 1. The van der Waals surface area contributed by atoms with Gasteiger partial charge < -0.3 is 4.40 Å². The number of benzene rings is 1. The van der Waals surface area contributed by atoms with Gasteiger partial charge in [0, 0.05) is 6.20 Å². The molecule has 0 spiro atoms. The molecule has 0 bridgehead atoms. The average Bonchev–Trinajstić information content (AvgIpc) is 2.68. The Bertz CT molecular complexity index is 655. The second kappa shape index (κ2) is 2.92. The van der Waals surface area contributed by atoms with Crippen LogP contribution in [0.3, 0.4) is 0 Å². The number of carbonyl (C=O) groups excluding carboxylic acids is 1. The van der Waals surface area contributed by atoms with Crippen LogP contribution in [0.5, 0.6) is 0 Å².